The SMILES string of the molecule is COCCN1C(=O)C(=O)/C(=C(/O)c2cc(Cl)c(OC)c(Cl)c2OC)C1c1ccc(OC)c(OCC(C)C)c1. The van der Waals surface area contributed by atoms with Gasteiger partial charge in [0.25, 0.3) is 11.7 Å². The van der Waals surface area contributed by atoms with Crippen molar-refractivity contribution in [1.29, 1.82) is 0 Å². The first kappa shape index (κ1) is 29.4. The second-order valence-corrected chi connectivity index (χ2v) is 9.67. The molecule has 3 rings (SSSR count). The van der Waals surface area contributed by atoms with Crippen LogP contribution >= 0.6 is 23.2 Å². The number of hydrogen-bond acceptors (Lipinski definition) is 8. The number of Topliss-reactive ketones (excluding diaryl/α,β-unsaturated/α-hetero) is 1. The van der Waals surface area contributed by atoms with E-state index in [1.165, 1.54) is 39.4 Å². The van der Waals surface area contributed by atoms with E-state index in [1.807, 2.05) is 13.8 Å². The molecule has 0 aliphatic carbocycles. The number of ether oxygens (including phenoxy) is 5. The lowest BCUT2D eigenvalue weighted by Gasteiger charge is -2.26. The number of benzene rings is 2. The summed E-state index contributed by atoms with van der Waals surface area (Å²) < 4.78 is 27.2. The molecule has 0 saturated carbocycles. The number of aliphatic hydroxyl groups excluding tert-OH is 1. The maximum absolute atomic E-state index is 13.4. The van der Waals surface area contributed by atoms with Crippen LogP contribution in [0.3, 0.4) is 0 Å². The number of hydrogen-bond donors (Lipinski definition) is 1. The Morgan fingerprint density at radius 1 is 1.00 bits per heavy atom. The van der Waals surface area contributed by atoms with Crippen molar-refractivity contribution < 1.29 is 38.4 Å². The summed E-state index contributed by atoms with van der Waals surface area (Å²) in [4.78, 5) is 27.9. The summed E-state index contributed by atoms with van der Waals surface area (Å²) in [6, 6.07) is 5.47. The summed E-state index contributed by atoms with van der Waals surface area (Å²) in [6.45, 7) is 4.70. The van der Waals surface area contributed by atoms with Gasteiger partial charge in [0.15, 0.2) is 23.0 Å². The topological polar surface area (TPSA) is 104 Å². The van der Waals surface area contributed by atoms with Crippen LogP contribution in [0.2, 0.25) is 10.0 Å². The van der Waals surface area contributed by atoms with Gasteiger partial charge in [-0.2, -0.15) is 0 Å². The Bertz CT molecular complexity index is 1240. The number of ketones is 1. The van der Waals surface area contributed by atoms with Crippen LogP contribution in [-0.2, 0) is 14.3 Å². The van der Waals surface area contributed by atoms with Crippen molar-refractivity contribution >= 4 is 40.7 Å². The van der Waals surface area contributed by atoms with E-state index in [-0.39, 0.29) is 51.8 Å². The summed E-state index contributed by atoms with van der Waals surface area (Å²) >= 11 is 12.8. The fourth-order valence-corrected chi connectivity index (χ4v) is 4.86. The van der Waals surface area contributed by atoms with Gasteiger partial charge >= 0.3 is 0 Å². The minimum absolute atomic E-state index is 0.00281. The maximum atomic E-state index is 13.4. The standard InChI is InChI=1S/C27H31Cl2NO8/c1-14(2)13-38-19-11-15(7-8-18(19)35-4)22-20(24(32)27(33)30(22)9-10-34-3)23(31)16-12-17(28)26(37-6)21(29)25(16)36-5/h7-8,11-12,14,22,31H,9-10,13H2,1-6H3/b23-20+. The highest BCUT2D eigenvalue weighted by Crippen LogP contribution is 2.47. The molecule has 1 unspecified atom stereocenters. The van der Waals surface area contributed by atoms with Gasteiger partial charge in [0.1, 0.15) is 10.8 Å². The summed E-state index contributed by atoms with van der Waals surface area (Å²) in [5, 5.41) is 11.6. The summed E-state index contributed by atoms with van der Waals surface area (Å²) in [6.07, 6.45) is 0. The van der Waals surface area contributed by atoms with E-state index in [0.29, 0.717) is 23.7 Å². The minimum atomic E-state index is -0.971. The lowest BCUT2D eigenvalue weighted by molar-refractivity contribution is -0.140. The average Bonchev–Trinajstić information content (AvgIpc) is 3.14. The number of carbonyl (C=O) groups is 2. The van der Waals surface area contributed by atoms with Gasteiger partial charge in [-0.3, -0.25) is 9.59 Å². The summed E-state index contributed by atoms with van der Waals surface area (Å²) in [7, 11) is 5.74. The second-order valence-electron chi connectivity index (χ2n) is 8.89. The van der Waals surface area contributed by atoms with Gasteiger partial charge in [-0.25, -0.2) is 0 Å². The van der Waals surface area contributed by atoms with Crippen molar-refractivity contribution in [2.24, 2.45) is 5.92 Å². The third-order valence-corrected chi connectivity index (χ3v) is 6.57. The Morgan fingerprint density at radius 3 is 2.26 bits per heavy atom. The number of likely N-dealkylation sites (tertiary alicyclic amines) is 1. The minimum Gasteiger partial charge on any atom is -0.507 e. The molecule has 38 heavy (non-hydrogen) atoms. The number of rotatable bonds is 11. The number of nitrogens with zero attached hydrogens (tertiary/aromatic N) is 1. The zero-order chi connectivity index (χ0) is 28.1. The van der Waals surface area contributed by atoms with E-state index < -0.39 is 23.5 Å². The molecule has 206 valence electrons. The molecule has 1 heterocycles. The van der Waals surface area contributed by atoms with E-state index in [1.54, 1.807) is 18.2 Å². The van der Waals surface area contributed by atoms with E-state index in [4.69, 9.17) is 46.9 Å². The molecule has 0 radical (unpaired) electrons. The summed E-state index contributed by atoms with van der Waals surface area (Å²) in [5.41, 5.74) is 0.385. The molecule has 1 aliphatic heterocycles. The molecule has 1 N–H and O–H groups in total. The first-order valence-electron chi connectivity index (χ1n) is 11.8. The van der Waals surface area contributed by atoms with Crippen molar-refractivity contribution in [3.63, 3.8) is 0 Å². The zero-order valence-electron chi connectivity index (χ0n) is 22.1. The van der Waals surface area contributed by atoms with Crippen molar-refractivity contribution in [1.82, 2.24) is 4.90 Å². The van der Waals surface area contributed by atoms with Gasteiger partial charge in [0.05, 0.1) is 56.7 Å². The van der Waals surface area contributed by atoms with Crippen LogP contribution < -0.4 is 18.9 Å². The Labute approximate surface area is 231 Å². The third-order valence-electron chi connectivity index (χ3n) is 5.95. The van der Waals surface area contributed by atoms with Crippen LogP contribution in [0.15, 0.2) is 29.8 Å². The number of methoxy groups -OCH3 is 4. The molecule has 1 atom stereocenters. The first-order valence-corrected chi connectivity index (χ1v) is 12.5. The molecule has 2 aromatic rings. The number of halogens is 2. The molecular weight excluding hydrogens is 537 g/mol. The number of carbonyl (C=O) groups excluding carboxylic acids is 2. The smallest absolute Gasteiger partial charge is 0.295 e. The molecule has 1 fully saturated rings. The molecule has 9 nitrogen and oxygen atoms in total. The average molecular weight is 568 g/mol. The van der Waals surface area contributed by atoms with Crippen LogP contribution in [0.5, 0.6) is 23.0 Å². The van der Waals surface area contributed by atoms with Crippen LogP contribution in [0.25, 0.3) is 5.76 Å². The van der Waals surface area contributed by atoms with Gasteiger partial charge < -0.3 is 33.7 Å². The monoisotopic (exact) mass is 567 g/mol. The maximum Gasteiger partial charge on any atom is 0.295 e. The quantitative estimate of drug-likeness (QED) is 0.226. The van der Waals surface area contributed by atoms with Crippen molar-refractivity contribution in [3.8, 4) is 23.0 Å². The van der Waals surface area contributed by atoms with Gasteiger partial charge in [-0.15, -0.1) is 0 Å². The third kappa shape index (κ3) is 5.65. The molecule has 2 aromatic carbocycles. The molecule has 1 saturated heterocycles. The molecule has 11 heteroatoms. The fraction of sp³-hybridized carbons (Fsp3) is 0.407. The van der Waals surface area contributed by atoms with Crippen molar-refractivity contribution in [2.75, 3.05) is 48.2 Å². The molecule has 1 amide bonds. The van der Waals surface area contributed by atoms with E-state index in [9.17, 15) is 14.7 Å². The Hall–Kier alpha value is -3.14. The number of amides is 1. The van der Waals surface area contributed by atoms with Crippen LogP contribution in [-0.4, -0.2) is 69.9 Å². The van der Waals surface area contributed by atoms with Gasteiger partial charge in [0.2, 0.25) is 0 Å². The molecule has 1 aliphatic rings. The van der Waals surface area contributed by atoms with Crippen LogP contribution in [0.4, 0.5) is 0 Å². The predicted octanol–water partition coefficient (Wildman–Crippen LogP) is 5.12. The molecule has 0 aromatic heterocycles. The van der Waals surface area contributed by atoms with Crippen LogP contribution in [0.1, 0.15) is 31.0 Å². The zero-order valence-corrected chi connectivity index (χ0v) is 23.6. The van der Waals surface area contributed by atoms with E-state index in [2.05, 4.69) is 0 Å². The van der Waals surface area contributed by atoms with Crippen molar-refractivity contribution in [2.45, 2.75) is 19.9 Å². The normalized spacial score (nSPS) is 16.8. The predicted molar refractivity (Wildman–Crippen MR) is 144 cm³/mol. The van der Waals surface area contributed by atoms with Gasteiger partial charge in [-0.1, -0.05) is 43.1 Å². The highest BCUT2D eigenvalue weighted by atomic mass is 35.5. The van der Waals surface area contributed by atoms with E-state index in [0.717, 1.165) is 0 Å². The largest absolute Gasteiger partial charge is 0.507 e. The highest BCUT2D eigenvalue weighted by Gasteiger charge is 2.46. The van der Waals surface area contributed by atoms with Gasteiger partial charge in [0, 0.05) is 13.7 Å². The second kappa shape index (κ2) is 12.6. The van der Waals surface area contributed by atoms with Gasteiger partial charge in [-0.05, 0) is 29.7 Å². The lowest BCUT2D eigenvalue weighted by Crippen LogP contribution is -2.32. The Kier molecular flexibility index (Phi) is 9.76. The molecule has 0 bridgehead atoms. The summed E-state index contributed by atoms with van der Waals surface area (Å²) in [5.74, 6) is -0.843. The molecular formula is C27H31Cl2NO8. The Morgan fingerprint density at radius 2 is 1.68 bits per heavy atom. The molecule has 0 spiro atoms. The Balaban J connectivity index is 2.28. The van der Waals surface area contributed by atoms with E-state index >= 15 is 0 Å². The fourth-order valence-electron chi connectivity index (χ4n) is 4.17. The highest BCUT2D eigenvalue weighted by molar-refractivity contribution is 6.47. The lowest BCUT2D eigenvalue weighted by atomic mass is 9.94. The number of aliphatic hydroxyl groups is 1. The first-order chi connectivity index (χ1) is 18.1. The van der Waals surface area contributed by atoms with Crippen molar-refractivity contribution in [3.05, 3.63) is 51.0 Å². The van der Waals surface area contributed by atoms with Crippen LogP contribution in [0, 0.1) is 5.92 Å².